The average molecular weight is 565 g/mol. The summed E-state index contributed by atoms with van der Waals surface area (Å²) in [4.78, 5) is 17.7. The number of amides is 1. The highest BCUT2D eigenvalue weighted by molar-refractivity contribution is 7.93. The Hall–Kier alpha value is -3.09. The number of hydrogen-bond donors (Lipinski definition) is 1. The Balaban J connectivity index is 1.61. The second kappa shape index (κ2) is 10.2. The molecule has 204 valence electrons. The summed E-state index contributed by atoms with van der Waals surface area (Å²) in [6.45, 7) is 9.93. The molecular formula is C26H30F2N4O4S2. The van der Waals surface area contributed by atoms with Crippen LogP contribution < -0.4 is 9.62 Å². The fourth-order valence-electron chi connectivity index (χ4n) is 4.37. The topological polar surface area (TPSA) is 91.8 Å². The lowest BCUT2D eigenvalue weighted by Crippen LogP contribution is -2.63. The number of sulfonamides is 1. The standard InChI is InChI=1S/C26H30F2N4O4S2/c1-17-20(30-26(5)14-31(15-26)12-18-9-7-6-8-10-18)11-19(27)23(22(17)28)38(34,35)32(21-13-37-16-29-21)24(33)36-25(2,3)4/h6-11,13,16,30H,12,14-15H2,1-5H3. The minimum Gasteiger partial charge on any atom is -0.443 e. The summed E-state index contributed by atoms with van der Waals surface area (Å²) in [6, 6.07) is 10.9. The number of carbonyl (C=O) groups excluding carboxylic acids is 1. The van der Waals surface area contributed by atoms with Gasteiger partial charge in [0.15, 0.2) is 16.5 Å². The van der Waals surface area contributed by atoms with Crippen LogP contribution in [0.2, 0.25) is 0 Å². The van der Waals surface area contributed by atoms with Crippen LogP contribution in [0.25, 0.3) is 0 Å². The van der Waals surface area contributed by atoms with Gasteiger partial charge in [0.1, 0.15) is 11.4 Å². The Morgan fingerprint density at radius 2 is 1.89 bits per heavy atom. The van der Waals surface area contributed by atoms with Crippen molar-refractivity contribution in [1.82, 2.24) is 9.88 Å². The number of likely N-dealkylation sites (tertiary alicyclic amines) is 1. The van der Waals surface area contributed by atoms with E-state index >= 15 is 8.78 Å². The molecule has 1 saturated heterocycles. The minimum atomic E-state index is -5.06. The molecule has 3 aromatic rings. The Morgan fingerprint density at radius 3 is 2.47 bits per heavy atom. The van der Waals surface area contributed by atoms with E-state index in [0.717, 1.165) is 29.5 Å². The molecule has 1 aliphatic rings. The van der Waals surface area contributed by atoms with Crippen molar-refractivity contribution in [2.24, 2.45) is 0 Å². The van der Waals surface area contributed by atoms with Gasteiger partial charge in [0.05, 0.1) is 11.0 Å². The highest BCUT2D eigenvalue weighted by Gasteiger charge is 2.42. The van der Waals surface area contributed by atoms with Gasteiger partial charge in [0, 0.05) is 36.3 Å². The van der Waals surface area contributed by atoms with E-state index in [9.17, 15) is 13.2 Å². The summed E-state index contributed by atoms with van der Waals surface area (Å²) < 4.78 is 63.4. The van der Waals surface area contributed by atoms with Gasteiger partial charge in [-0.15, -0.1) is 15.6 Å². The van der Waals surface area contributed by atoms with Crippen molar-refractivity contribution < 1.29 is 26.7 Å². The molecule has 0 aliphatic carbocycles. The Kier molecular flexibility index (Phi) is 7.52. The first-order chi connectivity index (χ1) is 17.7. The summed E-state index contributed by atoms with van der Waals surface area (Å²) >= 11 is 1.02. The zero-order valence-corrected chi connectivity index (χ0v) is 23.4. The average Bonchev–Trinajstić information content (AvgIpc) is 3.29. The van der Waals surface area contributed by atoms with Crippen molar-refractivity contribution in [2.75, 3.05) is 22.7 Å². The van der Waals surface area contributed by atoms with Gasteiger partial charge in [-0.3, -0.25) is 4.90 Å². The molecule has 12 heteroatoms. The molecule has 38 heavy (non-hydrogen) atoms. The molecule has 1 fully saturated rings. The van der Waals surface area contributed by atoms with E-state index in [2.05, 4.69) is 15.2 Å². The third-order valence-electron chi connectivity index (χ3n) is 5.94. The van der Waals surface area contributed by atoms with Crippen LogP contribution in [0.1, 0.15) is 38.8 Å². The molecule has 0 bridgehead atoms. The van der Waals surface area contributed by atoms with Gasteiger partial charge in [-0.2, -0.15) is 0 Å². The number of nitrogens with one attached hydrogen (secondary N) is 1. The normalized spacial score (nSPS) is 15.6. The van der Waals surface area contributed by atoms with Gasteiger partial charge in [0.2, 0.25) is 0 Å². The van der Waals surface area contributed by atoms with E-state index in [-0.39, 0.29) is 21.4 Å². The van der Waals surface area contributed by atoms with E-state index < -0.39 is 43.8 Å². The number of hydrogen-bond acceptors (Lipinski definition) is 8. The molecule has 1 aliphatic heterocycles. The number of halogens is 2. The van der Waals surface area contributed by atoms with Crippen LogP contribution in [-0.4, -0.2) is 48.6 Å². The molecule has 1 N–H and O–H groups in total. The van der Waals surface area contributed by atoms with Crippen LogP contribution >= 0.6 is 11.3 Å². The fraction of sp³-hybridized carbons (Fsp3) is 0.385. The Labute approximate surface area is 225 Å². The first kappa shape index (κ1) is 27.9. The molecule has 4 rings (SSSR count). The van der Waals surface area contributed by atoms with Gasteiger partial charge >= 0.3 is 6.09 Å². The van der Waals surface area contributed by atoms with E-state index in [1.807, 2.05) is 37.3 Å². The monoisotopic (exact) mass is 564 g/mol. The van der Waals surface area contributed by atoms with Crippen LogP contribution in [0.4, 0.5) is 25.1 Å². The maximum absolute atomic E-state index is 15.6. The predicted molar refractivity (Wildman–Crippen MR) is 143 cm³/mol. The largest absolute Gasteiger partial charge is 0.443 e. The second-order valence-corrected chi connectivity index (χ2v) is 13.0. The van der Waals surface area contributed by atoms with Gasteiger partial charge in [0.25, 0.3) is 10.0 Å². The second-order valence-electron chi connectivity index (χ2n) is 10.6. The summed E-state index contributed by atoms with van der Waals surface area (Å²) in [6.07, 6.45) is -1.32. The molecule has 2 aromatic carbocycles. The third-order valence-corrected chi connectivity index (χ3v) is 8.22. The third kappa shape index (κ3) is 5.82. The number of nitrogens with zero attached hydrogens (tertiary/aromatic N) is 3. The number of benzene rings is 2. The fourth-order valence-corrected chi connectivity index (χ4v) is 6.41. The highest BCUT2D eigenvalue weighted by Crippen LogP contribution is 2.35. The van der Waals surface area contributed by atoms with Crippen molar-refractivity contribution in [2.45, 2.75) is 57.2 Å². The maximum atomic E-state index is 15.6. The number of rotatable bonds is 7. The molecule has 1 aromatic heterocycles. The van der Waals surface area contributed by atoms with Gasteiger partial charge < -0.3 is 10.1 Å². The van der Waals surface area contributed by atoms with Gasteiger partial charge in [-0.05, 0) is 46.2 Å². The zero-order chi connectivity index (χ0) is 27.9. The number of thiazole rings is 1. The summed E-state index contributed by atoms with van der Waals surface area (Å²) in [5.41, 5.74) is 0.976. The molecular weight excluding hydrogens is 534 g/mol. The van der Waals surface area contributed by atoms with Crippen molar-refractivity contribution in [3.63, 3.8) is 0 Å². The lowest BCUT2D eigenvalue weighted by molar-refractivity contribution is 0.0608. The minimum absolute atomic E-state index is 0.0878. The molecule has 0 spiro atoms. The van der Waals surface area contributed by atoms with E-state index in [1.165, 1.54) is 17.8 Å². The first-order valence-corrected chi connectivity index (χ1v) is 14.3. The Bertz CT molecular complexity index is 1420. The molecule has 2 heterocycles. The quantitative estimate of drug-likeness (QED) is 0.403. The molecule has 0 atom stereocenters. The predicted octanol–water partition coefficient (Wildman–Crippen LogP) is 5.55. The smallest absolute Gasteiger partial charge is 0.430 e. The van der Waals surface area contributed by atoms with Crippen LogP contribution in [0.3, 0.4) is 0 Å². The number of ether oxygens (including phenoxy) is 1. The summed E-state index contributed by atoms with van der Waals surface area (Å²) in [5, 5.41) is 4.45. The highest BCUT2D eigenvalue weighted by atomic mass is 32.2. The summed E-state index contributed by atoms with van der Waals surface area (Å²) in [7, 11) is -5.06. The van der Waals surface area contributed by atoms with Crippen molar-refractivity contribution in [3.05, 3.63) is 70.1 Å². The van der Waals surface area contributed by atoms with Crippen molar-refractivity contribution in [1.29, 1.82) is 0 Å². The summed E-state index contributed by atoms with van der Waals surface area (Å²) in [5.74, 6) is -2.94. The molecule has 0 saturated carbocycles. The lowest BCUT2D eigenvalue weighted by atomic mass is 9.90. The number of anilines is 2. The zero-order valence-electron chi connectivity index (χ0n) is 21.8. The van der Waals surface area contributed by atoms with Crippen LogP contribution in [0, 0.1) is 18.6 Å². The molecule has 0 radical (unpaired) electrons. The molecule has 8 nitrogen and oxygen atoms in total. The van der Waals surface area contributed by atoms with Gasteiger partial charge in [-0.1, -0.05) is 30.3 Å². The Morgan fingerprint density at radius 1 is 1.24 bits per heavy atom. The van der Waals surface area contributed by atoms with E-state index in [0.29, 0.717) is 13.1 Å². The van der Waals surface area contributed by atoms with Crippen LogP contribution in [0.5, 0.6) is 0 Å². The SMILES string of the molecule is Cc1c(NC2(C)CN(Cc3ccccc3)C2)cc(F)c(S(=O)(=O)N(C(=O)OC(C)(C)C)c2cscn2)c1F. The van der Waals surface area contributed by atoms with E-state index in [4.69, 9.17) is 4.74 Å². The van der Waals surface area contributed by atoms with Gasteiger partial charge in [-0.25, -0.2) is 27.0 Å². The molecule has 0 unspecified atom stereocenters. The number of aromatic nitrogens is 1. The lowest BCUT2D eigenvalue weighted by Gasteiger charge is -2.49. The van der Waals surface area contributed by atoms with Crippen LogP contribution in [-0.2, 0) is 21.3 Å². The van der Waals surface area contributed by atoms with Crippen molar-refractivity contribution in [3.8, 4) is 0 Å². The molecule has 1 amide bonds. The van der Waals surface area contributed by atoms with Crippen molar-refractivity contribution >= 4 is 39.0 Å². The maximum Gasteiger partial charge on any atom is 0.430 e. The van der Waals surface area contributed by atoms with Crippen LogP contribution in [0.15, 0.2) is 52.2 Å². The number of carbonyl (C=O) groups is 1. The first-order valence-electron chi connectivity index (χ1n) is 11.9. The van der Waals surface area contributed by atoms with E-state index in [1.54, 1.807) is 20.8 Å².